The van der Waals surface area contributed by atoms with E-state index in [9.17, 15) is 19.2 Å². The molecule has 0 spiro atoms. The van der Waals surface area contributed by atoms with Gasteiger partial charge < -0.3 is 10.1 Å². The number of carbonyl (C=O) groups is 4. The van der Waals surface area contributed by atoms with Crippen LogP contribution in [0.5, 0.6) is 5.75 Å². The topological polar surface area (TPSA) is 106 Å². The average Bonchev–Trinajstić information content (AvgIpc) is 3.12. The van der Waals surface area contributed by atoms with Crippen molar-refractivity contribution in [3.05, 3.63) is 89.1 Å². The number of pyridine rings is 1. The Balaban J connectivity index is 1.35. The lowest BCUT2D eigenvalue weighted by atomic mass is 10.0. The van der Waals surface area contributed by atoms with Crippen LogP contribution in [-0.2, 0) is 9.59 Å². The first-order valence-corrected chi connectivity index (χ1v) is 11.5. The Hall–Kier alpha value is -4.24. The molecule has 8 nitrogen and oxygen atoms in total. The first kappa shape index (κ1) is 23.9. The molecule has 0 saturated carbocycles. The van der Waals surface area contributed by atoms with Gasteiger partial charge in [0.2, 0.25) is 0 Å². The molecule has 1 N–H and O–H groups in total. The summed E-state index contributed by atoms with van der Waals surface area (Å²) in [6.07, 6.45) is 4.86. The normalized spacial score (nSPS) is 14.3. The van der Waals surface area contributed by atoms with Crippen molar-refractivity contribution in [2.45, 2.75) is 6.92 Å². The van der Waals surface area contributed by atoms with Crippen LogP contribution in [0.25, 0.3) is 17.2 Å². The van der Waals surface area contributed by atoms with Crippen LogP contribution in [0, 0.1) is 0 Å². The highest BCUT2D eigenvalue weighted by Crippen LogP contribution is 2.31. The number of carbonyl (C=O) groups excluding carboxylic acids is 4. The number of hydrogen-bond donors (Lipinski definition) is 1. The summed E-state index contributed by atoms with van der Waals surface area (Å²) >= 11 is 0.866. The molecule has 2 heterocycles. The molecule has 3 amide bonds. The first-order chi connectivity index (χ1) is 16.9. The van der Waals surface area contributed by atoms with Gasteiger partial charge >= 0.3 is 5.97 Å². The molecule has 3 aromatic rings. The largest absolute Gasteiger partial charge is 0.427 e. The summed E-state index contributed by atoms with van der Waals surface area (Å²) in [6, 6.07) is 17.6. The quantitative estimate of drug-likeness (QED) is 0.303. The maximum Gasteiger partial charge on any atom is 0.308 e. The zero-order chi connectivity index (χ0) is 24.8. The molecular weight excluding hydrogens is 466 g/mol. The molecule has 4 rings (SSSR count). The summed E-state index contributed by atoms with van der Waals surface area (Å²) in [7, 11) is 0. The number of aromatic nitrogens is 1. The van der Waals surface area contributed by atoms with Gasteiger partial charge in [-0.1, -0.05) is 30.3 Å². The summed E-state index contributed by atoms with van der Waals surface area (Å²) < 4.78 is 5.04. The lowest BCUT2D eigenvalue weighted by molar-refractivity contribution is -0.131. The number of thioether (sulfide) groups is 1. The molecule has 1 fully saturated rings. The van der Waals surface area contributed by atoms with Gasteiger partial charge in [0.05, 0.1) is 4.91 Å². The molecule has 1 saturated heterocycles. The Kier molecular flexibility index (Phi) is 7.37. The van der Waals surface area contributed by atoms with Gasteiger partial charge in [-0.25, -0.2) is 0 Å². The predicted octanol–water partition coefficient (Wildman–Crippen LogP) is 4.14. The second-order valence-electron chi connectivity index (χ2n) is 7.57. The molecule has 2 aromatic carbocycles. The molecule has 1 aromatic heterocycles. The zero-order valence-corrected chi connectivity index (χ0v) is 19.6. The van der Waals surface area contributed by atoms with Crippen LogP contribution in [0.2, 0.25) is 0 Å². The summed E-state index contributed by atoms with van der Waals surface area (Å²) in [5.74, 6) is -0.663. The third kappa shape index (κ3) is 6.01. The zero-order valence-electron chi connectivity index (χ0n) is 18.8. The van der Waals surface area contributed by atoms with E-state index in [1.807, 2.05) is 6.07 Å². The molecule has 0 aliphatic carbocycles. The van der Waals surface area contributed by atoms with E-state index in [2.05, 4.69) is 10.3 Å². The van der Waals surface area contributed by atoms with Gasteiger partial charge in [-0.3, -0.25) is 29.1 Å². The number of nitrogens with zero attached hydrogens (tertiary/aromatic N) is 2. The van der Waals surface area contributed by atoms with Gasteiger partial charge in [0.1, 0.15) is 5.75 Å². The van der Waals surface area contributed by atoms with Crippen LogP contribution in [0.15, 0.2) is 78.0 Å². The summed E-state index contributed by atoms with van der Waals surface area (Å²) in [4.78, 5) is 54.1. The van der Waals surface area contributed by atoms with Crippen molar-refractivity contribution in [3.63, 3.8) is 0 Å². The lowest BCUT2D eigenvalue weighted by Gasteiger charge is -2.13. The van der Waals surface area contributed by atoms with E-state index >= 15 is 0 Å². The minimum atomic E-state index is -0.395. The minimum Gasteiger partial charge on any atom is -0.427 e. The van der Waals surface area contributed by atoms with E-state index in [0.29, 0.717) is 16.2 Å². The third-order valence-corrected chi connectivity index (χ3v) is 5.96. The van der Waals surface area contributed by atoms with Gasteiger partial charge in [-0.2, -0.15) is 0 Å². The summed E-state index contributed by atoms with van der Waals surface area (Å²) in [5.41, 5.74) is 2.84. The number of imide groups is 1. The Morgan fingerprint density at radius 3 is 2.57 bits per heavy atom. The van der Waals surface area contributed by atoms with Crippen LogP contribution >= 0.6 is 11.8 Å². The molecule has 0 unspecified atom stereocenters. The lowest BCUT2D eigenvalue weighted by Crippen LogP contribution is -2.37. The van der Waals surface area contributed by atoms with Crippen LogP contribution in [0.4, 0.5) is 4.79 Å². The highest BCUT2D eigenvalue weighted by atomic mass is 32.2. The Bertz CT molecular complexity index is 1310. The molecule has 0 radical (unpaired) electrons. The summed E-state index contributed by atoms with van der Waals surface area (Å²) in [6.45, 7) is 1.53. The van der Waals surface area contributed by atoms with Crippen molar-refractivity contribution in [2.75, 3.05) is 13.1 Å². The minimum absolute atomic E-state index is 0.0675. The number of hydrogen-bond acceptors (Lipinski definition) is 7. The monoisotopic (exact) mass is 487 g/mol. The van der Waals surface area contributed by atoms with Crippen molar-refractivity contribution in [1.29, 1.82) is 0 Å². The molecule has 0 bridgehead atoms. The number of benzene rings is 2. The first-order valence-electron chi connectivity index (χ1n) is 10.7. The molecule has 9 heteroatoms. The maximum atomic E-state index is 12.7. The van der Waals surface area contributed by atoms with Crippen LogP contribution < -0.4 is 10.1 Å². The van der Waals surface area contributed by atoms with E-state index in [4.69, 9.17) is 4.74 Å². The van der Waals surface area contributed by atoms with E-state index in [1.165, 1.54) is 6.92 Å². The fourth-order valence-electron chi connectivity index (χ4n) is 3.41. The highest BCUT2D eigenvalue weighted by molar-refractivity contribution is 8.18. The van der Waals surface area contributed by atoms with Crippen molar-refractivity contribution >= 4 is 40.9 Å². The maximum absolute atomic E-state index is 12.7. The highest BCUT2D eigenvalue weighted by Gasteiger charge is 2.34. The van der Waals surface area contributed by atoms with E-state index in [1.54, 1.807) is 73.1 Å². The molecule has 1 aliphatic rings. The van der Waals surface area contributed by atoms with Crippen molar-refractivity contribution in [3.8, 4) is 16.9 Å². The van der Waals surface area contributed by atoms with Crippen LogP contribution in [-0.4, -0.2) is 46.0 Å². The molecular formula is C26H21N3O5S. The number of amides is 3. The molecule has 176 valence electrons. The smallest absolute Gasteiger partial charge is 0.308 e. The number of nitrogens with one attached hydrogen (secondary N) is 1. The second-order valence-corrected chi connectivity index (χ2v) is 8.57. The Labute approximate surface area is 206 Å². The van der Waals surface area contributed by atoms with Crippen molar-refractivity contribution < 1.29 is 23.9 Å². The van der Waals surface area contributed by atoms with Crippen LogP contribution in [0.1, 0.15) is 22.8 Å². The molecule has 35 heavy (non-hydrogen) atoms. The Morgan fingerprint density at radius 2 is 1.86 bits per heavy atom. The van der Waals surface area contributed by atoms with E-state index in [-0.39, 0.29) is 24.2 Å². The fourth-order valence-corrected chi connectivity index (χ4v) is 4.28. The van der Waals surface area contributed by atoms with Crippen LogP contribution in [0.3, 0.4) is 0 Å². The standard InChI is InChI=1S/C26H21N3O5S/c1-17(30)34-22-9-7-19(8-10-22)20-5-2-6-21(15-20)24(31)28-12-13-29-25(32)23(35-26(29)33)14-18-4-3-11-27-16-18/h2-11,14-16H,12-13H2,1H3,(H,28,31)/b23-14-. The molecule has 0 atom stereocenters. The predicted molar refractivity (Wildman–Crippen MR) is 132 cm³/mol. The van der Waals surface area contributed by atoms with Crippen molar-refractivity contribution in [2.24, 2.45) is 0 Å². The van der Waals surface area contributed by atoms with Gasteiger partial charge in [-0.15, -0.1) is 0 Å². The van der Waals surface area contributed by atoms with Gasteiger partial charge in [-0.05, 0) is 64.9 Å². The Morgan fingerprint density at radius 1 is 1.06 bits per heavy atom. The second kappa shape index (κ2) is 10.8. The van der Waals surface area contributed by atoms with Gasteiger partial charge in [0.15, 0.2) is 0 Å². The third-order valence-electron chi connectivity index (χ3n) is 5.05. The van der Waals surface area contributed by atoms with E-state index < -0.39 is 11.9 Å². The fraction of sp³-hybridized carbons (Fsp3) is 0.115. The number of ether oxygens (including phenoxy) is 1. The molecule has 1 aliphatic heterocycles. The SMILES string of the molecule is CC(=O)Oc1ccc(-c2cccc(C(=O)NCCN3C(=O)S/C(=C\c4cccnc4)C3=O)c2)cc1. The van der Waals surface area contributed by atoms with E-state index in [0.717, 1.165) is 33.4 Å². The van der Waals surface area contributed by atoms with Gasteiger partial charge in [0, 0.05) is 38.0 Å². The summed E-state index contributed by atoms with van der Waals surface area (Å²) in [5, 5.41) is 2.38. The number of esters is 1. The van der Waals surface area contributed by atoms with Gasteiger partial charge in [0.25, 0.3) is 17.1 Å². The average molecular weight is 488 g/mol. The number of rotatable bonds is 7. The van der Waals surface area contributed by atoms with Crippen molar-refractivity contribution in [1.82, 2.24) is 15.2 Å².